The lowest BCUT2D eigenvalue weighted by molar-refractivity contribution is -0.217. The van der Waals surface area contributed by atoms with Crippen molar-refractivity contribution in [3.05, 3.63) is 71.8 Å². The third kappa shape index (κ3) is 9.36. The minimum absolute atomic E-state index is 0.113. The lowest BCUT2D eigenvalue weighted by atomic mass is 9.99. The fourth-order valence-corrected chi connectivity index (χ4v) is 5.47. The van der Waals surface area contributed by atoms with Crippen molar-refractivity contribution >= 4 is 68.5 Å². The number of alkyl halides is 6. The topological polar surface area (TPSA) is 121 Å². The van der Waals surface area contributed by atoms with E-state index in [-0.39, 0.29) is 12.2 Å². The van der Waals surface area contributed by atoms with E-state index < -0.39 is 67.7 Å². The van der Waals surface area contributed by atoms with E-state index in [1.807, 2.05) is 0 Å². The number of ether oxygens (including phenoxy) is 4. The molecule has 0 aliphatic carbocycles. The van der Waals surface area contributed by atoms with Crippen LogP contribution in [0.3, 0.4) is 0 Å². The van der Waals surface area contributed by atoms with Gasteiger partial charge in [-0.2, -0.15) is 21.6 Å². The van der Waals surface area contributed by atoms with Gasteiger partial charge >= 0.3 is 21.6 Å². The fourth-order valence-electron chi connectivity index (χ4n) is 3.72. The van der Waals surface area contributed by atoms with Crippen LogP contribution in [0.5, 0.6) is 0 Å². The van der Waals surface area contributed by atoms with E-state index in [9.17, 15) is 26.4 Å². The Balaban J connectivity index is 2.06. The van der Waals surface area contributed by atoms with Crippen molar-refractivity contribution in [1.29, 1.82) is 5.41 Å². The Hall–Kier alpha value is -1.78. The molecule has 232 valence electrons. The molecule has 0 radical (unpaired) electrons. The zero-order valence-corrected chi connectivity index (χ0v) is 25.5. The monoisotopic (exact) mass is 693 g/mol. The third-order valence-corrected chi connectivity index (χ3v) is 8.23. The van der Waals surface area contributed by atoms with Crippen LogP contribution in [0.25, 0.3) is 0 Å². The van der Waals surface area contributed by atoms with Crippen molar-refractivity contribution in [3.8, 4) is 0 Å². The van der Waals surface area contributed by atoms with Crippen LogP contribution in [0.4, 0.5) is 13.2 Å². The second kappa shape index (κ2) is 14.8. The van der Waals surface area contributed by atoms with E-state index in [0.717, 1.165) is 11.8 Å². The van der Waals surface area contributed by atoms with Crippen LogP contribution < -0.4 is 0 Å². The van der Waals surface area contributed by atoms with Crippen molar-refractivity contribution in [1.82, 2.24) is 0 Å². The highest BCUT2D eigenvalue weighted by Crippen LogP contribution is 2.38. The normalized spacial score (nSPS) is 23.3. The van der Waals surface area contributed by atoms with E-state index in [0.29, 0.717) is 11.3 Å². The molecule has 1 aliphatic heterocycles. The smallest absolute Gasteiger partial charge is 0.475 e. The highest BCUT2D eigenvalue weighted by Gasteiger charge is 2.56. The Morgan fingerprint density at radius 2 is 1.60 bits per heavy atom. The molecular weight excluding hydrogens is 670 g/mol. The predicted octanol–water partition coefficient (Wildman–Crippen LogP) is 5.87. The van der Waals surface area contributed by atoms with Gasteiger partial charge in [-0.05, 0) is 23.4 Å². The Bertz CT molecular complexity index is 1300. The Morgan fingerprint density at radius 3 is 2.14 bits per heavy atom. The lowest BCUT2D eigenvalue weighted by Crippen LogP contribution is -2.61. The molecule has 5 atom stereocenters. The number of nitrogens with one attached hydrogen (secondary N) is 1. The summed E-state index contributed by atoms with van der Waals surface area (Å²) in [5.74, 6) is -1.41. The maximum absolute atomic E-state index is 13.5. The zero-order chi connectivity index (χ0) is 31.1. The second-order valence-corrected chi connectivity index (χ2v) is 13.8. The van der Waals surface area contributed by atoms with Crippen LogP contribution >= 0.6 is 46.6 Å². The van der Waals surface area contributed by atoms with Gasteiger partial charge < -0.3 is 18.9 Å². The van der Waals surface area contributed by atoms with Gasteiger partial charge in [0.15, 0.2) is 6.10 Å². The molecule has 1 aliphatic rings. The zero-order valence-electron chi connectivity index (χ0n) is 21.6. The Labute approximate surface area is 259 Å². The number of benzene rings is 2. The van der Waals surface area contributed by atoms with Crippen molar-refractivity contribution in [2.75, 3.05) is 12.4 Å². The summed E-state index contributed by atoms with van der Waals surface area (Å²) in [4.78, 5) is 13.1. The van der Waals surface area contributed by atoms with Crippen LogP contribution in [-0.2, 0) is 39.9 Å². The minimum atomic E-state index is -6.24. The molecule has 3 rings (SSSR count). The molecule has 1 fully saturated rings. The highest BCUT2D eigenvalue weighted by molar-refractivity contribution is 7.99. The van der Waals surface area contributed by atoms with Crippen LogP contribution in [0.1, 0.15) is 22.8 Å². The molecular formula is C25H25Cl3F3NO8S2. The molecule has 2 aromatic carbocycles. The van der Waals surface area contributed by atoms with Crippen molar-refractivity contribution in [2.24, 2.45) is 0 Å². The number of carbonyl (C=O) groups excluding carboxylic acids is 1. The summed E-state index contributed by atoms with van der Waals surface area (Å²) in [5, 5.41) is 7.79. The summed E-state index contributed by atoms with van der Waals surface area (Å²) in [7, 11) is -6.24. The minimum Gasteiger partial charge on any atom is -0.475 e. The summed E-state index contributed by atoms with van der Waals surface area (Å²) in [6.45, 7) is 0.721. The SMILES string of the molecule is CCS[C@@H]1O[C@H](COC(=N)C(Cl)(Cl)Cl)[C@@H](OS(=O)(=O)C(F)(F)F)[C@H](OCc2ccccc2)[C@H]1OC(=O)c1ccccc1. The first-order valence-electron chi connectivity index (χ1n) is 12.1. The molecule has 0 amide bonds. The standard InChI is InChI=1S/C25H25Cl3F3NO8S2/c1-2-41-22-20(39-21(33)16-11-7-4-8-12-16)19(36-13-15-9-5-3-6-10-15)18(40-42(34,35)25(29,30)31)17(38-22)14-37-23(32)24(26,27)28/h3-12,17-20,22,32H,2,13-14H2,1H3/t17-,18-,19+,20-,22+/m1/s1. The van der Waals surface area contributed by atoms with E-state index >= 15 is 0 Å². The number of carbonyl (C=O) groups is 1. The Morgan fingerprint density at radius 1 is 1.00 bits per heavy atom. The quantitative estimate of drug-likeness (QED) is 0.0769. The predicted molar refractivity (Wildman–Crippen MR) is 151 cm³/mol. The molecule has 9 nitrogen and oxygen atoms in total. The van der Waals surface area contributed by atoms with Gasteiger partial charge in [0.1, 0.15) is 30.4 Å². The van der Waals surface area contributed by atoms with Crippen LogP contribution in [0.15, 0.2) is 60.7 Å². The number of thioether (sulfide) groups is 1. The molecule has 0 unspecified atom stereocenters. The number of rotatable bonds is 11. The van der Waals surface area contributed by atoms with Crippen molar-refractivity contribution in [2.45, 2.75) is 52.7 Å². The van der Waals surface area contributed by atoms with Gasteiger partial charge in [0, 0.05) is 0 Å². The molecule has 1 N–H and O–H groups in total. The van der Waals surface area contributed by atoms with Gasteiger partial charge in [-0.3, -0.25) is 9.59 Å². The van der Waals surface area contributed by atoms with E-state index in [1.165, 1.54) is 12.1 Å². The van der Waals surface area contributed by atoms with Crippen molar-refractivity contribution < 1.29 is 49.5 Å². The first kappa shape index (κ1) is 34.7. The average molecular weight is 695 g/mol. The number of halogens is 6. The third-order valence-electron chi connectivity index (χ3n) is 5.63. The number of esters is 1. The summed E-state index contributed by atoms with van der Waals surface area (Å²) >= 11 is 18.0. The highest BCUT2D eigenvalue weighted by atomic mass is 35.6. The summed E-state index contributed by atoms with van der Waals surface area (Å²) < 4.78 is 89.9. The van der Waals surface area contributed by atoms with Gasteiger partial charge in [0.2, 0.25) is 5.90 Å². The molecule has 2 aromatic rings. The maximum Gasteiger partial charge on any atom is 0.523 e. The number of hydrogen-bond donors (Lipinski definition) is 1. The summed E-state index contributed by atoms with van der Waals surface area (Å²) in [6, 6.07) is 16.1. The van der Waals surface area contributed by atoms with Crippen LogP contribution in [-0.4, -0.2) is 71.8 Å². The average Bonchev–Trinajstić information content (AvgIpc) is 2.92. The molecule has 1 saturated heterocycles. The fraction of sp³-hybridized carbons (Fsp3) is 0.440. The molecule has 0 aromatic heterocycles. The van der Waals surface area contributed by atoms with Gasteiger partial charge in [-0.25, -0.2) is 4.79 Å². The van der Waals surface area contributed by atoms with Crippen molar-refractivity contribution in [3.63, 3.8) is 0 Å². The molecule has 17 heteroatoms. The molecule has 0 bridgehead atoms. The molecule has 42 heavy (non-hydrogen) atoms. The van der Waals surface area contributed by atoms with Gasteiger partial charge in [0.25, 0.3) is 3.79 Å². The Kier molecular flexibility index (Phi) is 12.2. The first-order valence-corrected chi connectivity index (χ1v) is 15.7. The lowest BCUT2D eigenvalue weighted by Gasteiger charge is -2.45. The maximum atomic E-state index is 13.5. The molecule has 0 spiro atoms. The first-order chi connectivity index (χ1) is 19.6. The van der Waals surface area contributed by atoms with Gasteiger partial charge in [-0.15, -0.1) is 11.8 Å². The van der Waals surface area contributed by atoms with E-state index in [1.54, 1.807) is 55.5 Å². The summed E-state index contributed by atoms with van der Waals surface area (Å²) in [5.41, 5.74) is -6.24. The largest absolute Gasteiger partial charge is 0.523 e. The second-order valence-electron chi connectivity index (χ2n) is 8.59. The van der Waals surface area contributed by atoms with Crippen LogP contribution in [0.2, 0.25) is 0 Å². The van der Waals surface area contributed by atoms with E-state index in [2.05, 4.69) is 4.18 Å². The van der Waals surface area contributed by atoms with Gasteiger partial charge in [-0.1, -0.05) is 90.3 Å². The van der Waals surface area contributed by atoms with E-state index in [4.69, 9.17) is 59.2 Å². The number of hydrogen-bond acceptors (Lipinski definition) is 10. The molecule has 0 saturated carbocycles. The summed E-state index contributed by atoms with van der Waals surface area (Å²) in [6.07, 6.45) is -6.84. The molecule has 1 heterocycles. The van der Waals surface area contributed by atoms with Gasteiger partial charge in [0.05, 0.1) is 12.2 Å². The van der Waals surface area contributed by atoms with Crippen LogP contribution in [0, 0.1) is 5.41 Å².